The van der Waals surface area contributed by atoms with Gasteiger partial charge in [-0.1, -0.05) is 30.3 Å². The first kappa shape index (κ1) is 15.4. The molecule has 1 aliphatic rings. The molecule has 0 aromatic heterocycles. The molecule has 4 heteroatoms. The van der Waals surface area contributed by atoms with Crippen LogP contribution >= 0.6 is 0 Å². The number of aliphatic hydroxyl groups is 1. The fourth-order valence-electron chi connectivity index (χ4n) is 2.42. The highest BCUT2D eigenvalue weighted by molar-refractivity contribution is 5.13. The summed E-state index contributed by atoms with van der Waals surface area (Å²) in [4.78, 5) is 2.28. The first-order valence-corrected chi connectivity index (χ1v) is 7.37. The molecule has 1 saturated heterocycles. The van der Waals surface area contributed by atoms with Crippen molar-refractivity contribution in [3.05, 3.63) is 35.9 Å². The molecule has 1 aliphatic heterocycles. The fourth-order valence-corrected chi connectivity index (χ4v) is 2.42. The van der Waals surface area contributed by atoms with Gasteiger partial charge in [0.05, 0.1) is 25.9 Å². The third-order valence-corrected chi connectivity index (χ3v) is 3.69. The van der Waals surface area contributed by atoms with Gasteiger partial charge in [0.15, 0.2) is 0 Å². The average Bonchev–Trinajstić information content (AvgIpc) is 2.65. The molecule has 1 aromatic carbocycles. The van der Waals surface area contributed by atoms with E-state index in [2.05, 4.69) is 11.8 Å². The van der Waals surface area contributed by atoms with Crippen LogP contribution in [0.3, 0.4) is 0 Å². The Balaban J connectivity index is 1.68. The van der Waals surface area contributed by atoms with Gasteiger partial charge in [-0.2, -0.15) is 0 Å². The van der Waals surface area contributed by atoms with Crippen LogP contribution < -0.4 is 0 Å². The maximum Gasteiger partial charge on any atom is 0.0900 e. The van der Waals surface area contributed by atoms with Gasteiger partial charge in [-0.15, -0.1) is 0 Å². The highest BCUT2D eigenvalue weighted by Crippen LogP contribution is 2.09. The van der Waals surface area contributed by atoms with Crippen molar-refractivity contribution in [2.75, 3.05) is 32.9 Å². The highest BCUT2D eigenvalue weighted by atomic mass is 16.5. The van der Waals surface area contributed by atoms with E-state index in [-0.39, 0.29) is 0 Å². The molecule has 0 spiro atoms. The van der Waals surface area contributed by atoms with E-state index in [1.54, 1.807) is 0 Å². The summed E-state index contributed by atoms with van der Waals surface area (Å²) < 4.78 is 11.0. The van der Waals surface area contributed by atoms with Crippen molar-refractivity contribution in [3.8, 4) is 0 Å². The van der Waals surface area contributed by atoms with Crippen LogP contribution in [0.1, 0.15) is 18.9 Å². The van der Waals surface area contributed by atoms with Crippen molar-refractivity contribution in [3.63, 3.8) is 0 Å². The number of hydrogen-bond donors (Lipinski definition) is 1. The molecular formula is C16H25NO3. The normalized spacial score (nSPS) is 22.4. The molecule has 20 heavy (non-hydrogen) atoms. The van der Waals surface area contributed by atoms with Gasteiger partial charge in [0.2, 0.25) is 0 Å². The van der Waals surface area contributed by atoms with Gasteiger partial charge >= 0.3 is 0 Å². The molecule has 0 aliphatic carbocycles. The molecule has 2 atom stereocenters. The maximum absolute atomic E-state index is 10.1. The molecule has 2 unspecified atom stereocenters. The summed E-state index contributed by atoms with van der Waals surface area (Å²) in [6, 6.07) is 10.5. The van der Waals surface area contributed by atoms with E-state index in [1.807, 2.05) is 30.3 Å². The fraction of sp³-hybridized carbons (Fsp3) is 0.625. The Bertz CT molecular complexity index is 371. The lowest BCUT2D eigenvalue weighted by Crippen LogP contribution is -2.41. The Morgan fingerprint density at radius 1 is 1.35 bits per heavy atom. The minimum atomic E-state index is -0.445. The van der Waals surface area contributed by atoms with E-state index in [0.717, 1.165) is 31.7 Å². The molecule has 4 nitrogen and oxygen atoms in total. The molecule has 1 heterocycles. The number of β-amino-alcohol motifs (C(OH)–C–C–N with tert-alkyl or cyclic N) is 1. The largest absolute Gasteiger partial charge is 0.389 e. The minimum absolute atomic E-state index is 0.374. The summed E-state index contributed by atoms with van der Waals surface area (Å²) >= 11 is 0. The smallest absolute Gasteiger partial charge is 0.0900 e. The SMILES string of the molecule is CC1CCOCCN1CC(O)COCc1ccccc1. The summed E-state index contributed by atoms with van der Waals surface area (Å²) in [6.07, 6.45) is 0.580. The molecule has 0 bridgehead atoms. The zero-order valence-corrected chi connectivity index (χ0v) is 12.2. The molecule has 1 aromatic rings. The van der Waals surface area contributed by atoms with E-state index in [1.165, 1.54) is 0 Å². The van der Waals surface area contributed by atoms with Crippen LogP contribution in [0.25, 0.3) is 0 Å². The number of benzene rings is 1. The van der Waals surface area contributed by atoms with Crippen molar-refractivity contribution in [1.29, 1.82) is 0 Å². The van der Waals surface area contributed by atoms with Crippen LogP contribution in [0.5, 0.6) is 0 Å². The van der Waals surface area contributed by atoms with Gasteiger partial charge < -0.3 is 14.6 Å². The number of rotatable bonds is 6. The van der Waals surface area contributed by atoms with Gasteiger partial charge in [0.25, 0.3) is 0 Å². The van der Waals surface area contributed by atoms with Crippen molar-refractivity contribution in [2.24, 2.45) is 0 Å². The summed E-state index contributed by atoms with van der Waals surface area (Å²) in [7, 11) is 0. The predicted octanol–water partition coefficient (Wildman–Crippen LogP) is 1.67. The lowest BCUT2D eigenvalue weighted by Gasteiger charge is -2.28. The first-order valence-electron chi connectivity index (χ1n) is 7.37. The standard InChI is InChI=1S/C16H25NO3/c1-14-7-9-19-10-8-17(14)11-16(18)13-20-12-15-5-3-2-4-6-15/h2-6,14,16,18H,7-13H2,1H3. The second kappa shape index (κ2) is 8.37. The van der Waals surface area contributed by atoms with Crippen molar-refractivity contribution < 1.29 is 14.6 Å². The summed E-state index contributed by atoms with van der Waals surface area (Å²) in [5.41, 5.74) is 1.14. The molecule has 1 fully saturated rings. The second-order valence-corrected chi connectivity index (χ2v) is 5.40. The lowest BCUT2D eigenvalue weighted by molar-refractivity contribution is 0.00377. The Labute approximate surface area is 121 Å². The average molecular weight is 279 g/mol. The van der Waals surface area contributed by atoms with Gasteiger partial charge in [0.1, 0.15) is 0 Å². The quantitative estimate of drug-likeness (QED) is 0.860. The summed E-state index contributed by atoms with van der Waals surface area (Å²) in [6.45, 7) is 6.22. The van der Waals surface area contributed by atoms with Crippen LogP contribution in [0.4, 0.5) is 0 Å². The molecule has 2 rings (SSSR count). The van der Waals surface area contributed by atoms with Gasteiger partial charge in [-0.05, 0) is 18.9 Å². The Morgan fingerprint density at radius 2 is 2.15 bits per heavy atom. The van der Waals surface area contributed by atoms with E-state index in [4.69, 9.17) is 9.47 Å². The molecule has 1 N–H and O–H groups in total. The highest BCUT2D eigenvalue weighted by Gasteiger charge is 2.19. The Kier molecular flexibility index (Phi) is 6.47. The van der Waals surface area contributed by atoms with Crippen LogP contribution in [0, 0.1) is 0 Å². The van der Waals surface area contributed by atoms with Crippen molar-refractivity contribution >= 4 is 0 Å². The first-order chi connectivity index (χ1) is 9.75. The number of ether oxygens (including phenoxy) is 2. The Hall–Kier alpha value is -0.940. The zero-order chi connectivity index (χ0) is 14.2. The van der Waals surface area contributed by atoms with E-state index >= 15 is 0 Å². The van der Waals surface area contributed by atoms with E-state index in [9.17, 15) is 5.11 Å². The van der Waals surface area contributed by atoms with E-state index in [0.29, 0.717) is 25.8 Å². The van der Waals surface area contributed by atoms with E-state index < -0.39 is 6.10 Å². The molecule has 112 valence electrons. The van der Waals surface area contributed by atoms with Crippen molar-refractivity contribution in [2.45, 2.75) is 32.1 Å². The lowest BCUT2D eigenvalue weighted by atomic mass is 10.2. The monoisotopic (exact) mass is 279 g/mol. The van der Waals surface area contributed by atoms with Crippen LogP contribution in [0.15, 0.2) is 30.3 Å². The van der Waals surface area contributed by atoms with Crippen LogP contribution in [0.2, 0.25) is 0 Å². The topological polar surface area (TPSA) is 41.9 Å². The number of hydrogen-bond acceptors (Lipinski definition) is 4. The molecule has 0 amide bonds. The Morgan fingerprint density at radius 3 is 2.95 bits per heavy atom. The van der Waals surface area contributed by atoms with Crippen LogP contribution in [-0.2, 0) is 16.1 Å². The number of nitrogens with zero attached hydrogens (tertiary/aromatic N) is 1. The number of aliphatic hydroxyl groups excluding tert-OH is 1. The van der Waals surface area contributed by atoms with Gasteiger partial charge in [-0.3, -0.25) is 4.90 Å². The van der Waals surface area contributed by atoms with Crippen molar-refractivity contribution in [1.82, 2.24) is 4.90 Å². The molecule has 0 radical (unpaired) electrons. The maximum atomic E-state index is 10.1. The van der Waals surface area contributed by atoms with Gasteiger partial charge in [0, 0.05) is 25.7 Å². The summed E-state index contributed by atoms with van der Waals surface area (Å²) in [5, 5.41) is 10.1. The molecule has 0 saturated carbocycles. The molecular weight excluding hydrogens is 254 g/mol. The minimum Gasteiger partial charge on any atom is -0.389 e. The predicted molar refractivity (Wildman–Crippen MR) is 78.6 cm³/mol. The summed E-state index contributed by atoms with van der Waals surface area (Å²) in [5.74, 6) is 0. The third-order valence-electron chi connectivity index (χ3n) is 3.69. The van der Waals surface area contributed by atoms with Crippen LogP contribution in [-0.4, -0.2) is 55.1 Å². The third kappa shape index (κ3) is 5.21. The second-order valence-electron chi connectivity index (χ2n) is 5.40. The zero-order valence-electron chi connectivity index (χ0n) is 12.2. The van der Waals surface area contributed by atoms with Gasteiger partial charge in [-0.25, -0.2) is 0 Å².